The van der Waals surface area contributed by atoms with Crippen LogP contribution >= 0.6 is 0 Å². The molecule has 156 valence electrons. The Labute approximate surface area is 170 Å². The van der Waals surface area contributed by atoms with Crippen LogP contribution in [0.15, 0.2) is 35.3 Å². The van der Waals surface area contributed by atoms with Crippen LogP contribution < -0.4 is 10.6 Å². The molecular formula is C22H37N5O. The molecule has 0 aromatic heterocycles. The second-order valence-corrected chi connectivity index (χ2v) is 7.57. The molecule has 1 atom stereocenters. The number of nitrogens with one attached hydrogen (secondary N) is 2. The zero-order valence-corrected chi connectivity index (χ0v) is 17.9. The van der Waals surface area contributed by atoms with Crippen LogP contribution in [0.2, 0.25) is 0 Å². The van der Waals surface area contributed by atoms with Gasteiger partial charge in [-0.3, -0.25) is 14.7 Å². The zero-order valence-electron chi connectivity index (χ0n) is 17.9. The van der Waals surface area contributed by atoms with Crippen molar-refractivity contribution in [3.05, 3.63) is 35.9 Å². The smallest absolute Gasteiger partial charge is 0.222 e. The number of piperazine rings is 1. The van der Waals surface area contributed by atoms with Gasteiger partial charge in [0.1, 0.15) is 0 Å². The lowest BCUT2D eigenvalue weighted by Crippen LogP contribution is -2.53. The van der Waals surface area contributed by atoms with E-state index in [1.807, 2.05) is 13.8 Å². The Kier molecular flexibility index (Phi) is 9.28. The van der Waals surface area contributed by atoms with E-state index in [2.05, 4.69) is 69.6 Å². The SMILES string of the molecule is CCNC(=NCCC(=O)NC(C)C)N1CCN(C(CC)c2ccccc2)CC1. The second-order valence-electron chi connectivity index (χ2n) is 7.57. The molecule has 1 heterocycles. The van der Waals surface area contributed by atoms with Crippen molar-refractivity contribution in [1.82, 2.24) is 20.4 Å². The molecule has 0 aliphatic carbocycles. The molecule has 0 saturated carbocycles. The maximum absolute atomic E-state index is 11.8. The molecule has 0 spiro atoms. The number of hydrogen-bond donors (Lipinski definition) is 2. The van der Waals surface area contributed by atoms with Gasteiger partial charge in [-0.2, -0.15) is 0 Å². The normalized spacial score (nSPS) is 16.9. The molecule has 1 aliphatic heterocycles. The number of benzene rings is 1. The summed E-state index contributed by atoms with van der Waals surface area (Å²) in [5.74, 6) is 0.986. The minimum absolute atomic E-state index is 0.0630. The topological polar surface area (TPSA) is 60.0 Å². The van der Waals surface area contributed by atoms with Gasteiger partial charge in [0.15, 0.2) is 5.96 Å². The lowest BCUT2D eigenvalue weighted by atomic mass is 10.0. The largest absolute Gasteiger partial charge is 0.357 e. The summed E-state index contributed by atoms with van der Waals surface area (Å²) >= 11 is 0. The Bertz CT molecular complexity index is 609. The van der Waals surface area contributed by atoms with Gasteiger partial charge in [-0.1, -0.05) is 37.3 Å². The lowest BCUT2D eigenvalue weighted by molar-refractivity contribution is -0.121. The van der Waals surface area contributed by atoms with E-state index in [0.717, 1.165) is 45.1 Å². The van der Waals surface area contributed by atoms with E-state index < -0.39 is 0 Å². The molecule has 1 unspecified atom stereocenters. The van der Waals surface area contributed by atoms with Crippen molar-refractivity contribution < 1.29 is 4.79 Å². The van der Waals surface area contributed by atoms with Crippen molar-refractivity contribution in [2.45, 2.75) is 52.6 Å². The molecule has 1 fully saturated rings. The average molecular weight is 388 g/mol. The predicted molar refractivity (Wildman–Crippen MR) is 116 cm³/mol. The van der Waals surface area contributed by atoms with Gasteiger partial charge in [0.05, 0.1) is 6.54 Å². The van der Waals surface area contributed by atoms with Gasteiger partial charge in [0.2, 0.25) is 5.91 Å². The molecule has 28 heavy (non-hydrogen) atoms. The first-order valence-corrected chi connectivity index (χ1v) is 10.7. The van der Waals surface area contributed by atoms with E-state index in [4.69, 9.17) is 0 Å². The summed E-state index contributed by atoms with van der Waals surface area (Å²) in [7, 11) is 0. The standard InChI is InChI=1S/C22H37N5O/c1-5-20(19-10-8-7-9-11-19)26-14-16-27(17-15-26)22(23-6-2)24-13-12-21(28)25-18(3)4/h7-11,18,20H,5-6,12-17H2,1-4H3,(H,23,24)(H,25,28). The van der Waals surface area contributed by atoms with Crippen molar-refractivity contribution in [3.63, 3.8) is 0 Å². The van der Waals surface area contributed by atoms with E-state index >= 15 is 0 Å². The quantitative estimate of drug-likeness (QED) is 0.532. The highest BCUT2D eigenvalue weighted by atomic mass is 16.1. The molecule has 1 aromatic carbocycles. The van der Waals surface area contributed by atoms with Gasteiger partial charge in [0, 0.05) is 51.2 Å². The van der Waals surface area contributed by atoms with Gasteiger partial charge in [-0.05, 0) is 32.8 Å². The Morgan fingerprint density at radius 3 is 2.36 bits per heavy atom. The van der Waals surface area contributed by atoms with Crippen LogP contribution in [0.1, 0.15) is 52.1 Å². The summed E-state index contributed by atoms with van der Waals surface area (Å²) in [6, 6.07) is 11.4. The van der Waals surface area contributed by atoms with Gasteiger partial charge >= 0.3 is 0 Å². The van der Waals surface area contributed by atoms with Crippen molar-refractivity contribution in [2.24, 2.45) is 4.99 Å². The van der Waals surface area contributed by atoms with Crippen molar-refractivity contribution in [3.8, 4) is 0 Å². The molecule has 2 rings (SSSR count). The van der Waals surface area contributed by atoms with Crippen molar-refractivity contribution in [2.75, 3.05) is 39.3 Å². The average Bonchev–Trinajstić information content (AvgIpc) is 2.69. The molecule has 1 saturated heterocycles. The highest BCUT2D eigenvalue weighted by Crippen LogP contribution is 2.25. The second kappa shape index (κ2) is 11.7. The number of hydrogen-bond acceptors (Lipinski definition) is 3. The first-order chi connectivity index (χ1) is 13.5. The molecule has 1 amide bonds. The van der Waals surface area contributed by atoms with Crippen LogP contribution in [0, 0.1) is 0 Å². The zero-order chi connectivity index (χ0) is 20.4. The summed E-state index contributed by atoms with van der Waals surface area (Å²) in [6.07, 6.45) is 1.54. The number of nitrogens with zero attached hydrogens (tertiary/aromatic N) is 3. The fourth-order valence-electron chi connectivity index (χ4n) is 3.71. The van der Waals surface area contributed by atoms with Gasteiger partial charge in [0.25, 0.3) is 0 Å². The van der Waals surface area contributed by atoms with Crippen LogP contribution in [-0.2, 0) is 4.79 Å². The number of guanidine groups is 1. The molecule has 1 aliphatic rings. The summed E-state index contributed by atoms with van der Waals surface area (Å²) in [5, 5.41) is 6.30. The Balaban J connectivity index is 1.90. The maximum Gasteiger partial charge on any atom is 0.222 e. The molecular weight excluding hydrogens is 350 g/mol. The summed E-state index contributed by atoms with van der Waals surface area (Å²) < 4.78 is 0. The first-order valence-electron chi connectivity index (χ1n) is 10.7. The van der Waals surface area contributed by atoms with Crippen LogP contribution in [0.5, 0.6) is 0 Å². The predicted octanol–water partition coefficient (Wildman–Crippen LogP) is 2.64. The highest BCUT2D eigenvalue weighted by molar-refractivity contribution is 5.81. The minimum Gasteiger partial charge on any atom is -0.357 e. The van der Waals surface area contributed by atoms with E-state index in [0.29, 0.717) is 19.0 Å². The minimum atomic E-state index is 0.0630. The van der Waals surface area contributed by atoms with E-state index in [9.17, 15) is 4.79 Å². The van der Waals surface area contributed by atoms with E-state index in [-0.39, 0.29) is 11.9 Å². The highest BCUT2D eigenvalue weighted by Gasteiger charge is 2.25. The van der Waals surface area contributed by atoms with Crippen LogP contribution in [-0.4, -0.2) is 67.0 Å². The Hall–Kier alpha value is -2.08. The number of carbonyl (C=O) groups is 1. The summed E-state index contributed by atoms with van der Waals surface area (Å²) in [4.78, 5) is 21.4. The van der Waals surface area contributed by atoms with E-state index in [1.165, 1.54) is 5.56 Å². The monoisotopic (exact) mass is 387 g/mol. The molecule has 2 N–H and O–H groups in total. The number of amides is 1. The fourth-order valence-corrected chi connectivity index (χ4v) is 3.71. The van der Waals surface area contributed by atoms with Gasteiger partial charge in [-0.15, -0.1) is 0 Å². The Morgan fingerprint density at radius 2 is 1.79 bits per heavy atom. The number of aliphatic imine (C=N–C) groups is 1. The molecule has 1 aromatic rings. The van der Waals surface area contributed by atoms with Gasteiger partial charge < -0.3 is 15.5 Å². The third-order valence-electron chi connectivity index (χ3n) is 5.01. The third-order valence-corrected chi connectivity index (χ3v) is 5.01. The first kappa shape index (κ1) is 22.2. The maximum atomic E-state index is 11.8. The molecule has 0 bridgehead atoms. The van der Waals surface area contributed by atoms with Crippen LogP contribution in [0.3, 0.4) is 0 Å². The molecule has 0 radical (unpaired) electrons. The van der Waals surface area contributed by atoms with Gasteiger partial charge in [-0.25, -0.2) is 0 Å². The fraction of sp³-hybridized carbons (Fsp3) is 0.636. The Morgan fingerprint density at radius 1 is 1.11 bits per heavy atom. The summed E-state index contributed by atoms with van der Waals surface area (Å²) in [6.45, 7) is 13.6. The lowest BCUT2D eigenvalue weighted by Gasteiger charge is -2.40. The van der Waals surface area contributed by atoms with Crippen molar-refractivity contribution >= 4 is 11.9 Å². The number of rotatable bonds is 8. The molecule has 6 heteroatoms. The molecule has 6 nitrogen and oxygen atoms in total. The van der Waals surface area contributed by atoms with E-state index in [1.54, 1.807) is 0 Å². The van der Waals surface area contributed by atoms with Crippen LogP contribution in [0.4, 0.5) is 0 Å². The summed E-state index contributed by atoms with van der Waals surface area (Å²) in [5.41, 5.74) is 1.40. The van der Waals surface area contributed by atoms with Crippen LogP contribution in [0.25, 0.3) is 0 Å². The third kappa shape index (κ3) is 6.82. The van der Waals surface area contributed by atoms with Crippen molar-refractivity contribution in [1.29, 1.82) is 0 Å². The number of carbonyl (C=O) groups excluding carboxylic acids is 1.